The Balaban J connectivity index is 1.95. The molecular formula is C14H28N2O. The van der Waals surface area contributed by atoms with Crippen LogP contribution in [0.1, 0.15) is 39.5 Å². The van der Waals surface area contributed by atoms with Gasteiger partial charge in [-0.25, -0.2) is 0 Å². The lowest BCUT2D eigenvalue weighted by Crippen LogP contribution is -2.50. The molecule has 100 valence electrons. The van der Waals surface area contributed by atoms with Crippen molar-refractivity contribution in [2.45, 2.75) is 51.6 Å². The molecule has 0 radical (unpaired) electrons. The van der Waals surface area contributed by atoms with Crippen LogP contribution in [0.5, 0.6) is 0 Å². The maximum Gasteiger partial charge on any atom is 0.0469 e. The highest BCUT2D eigenvalue weighted by molar-refractivity contribution is 4.87. The molecule has 0 amide bonds. The van der Waals surface area contributed by atoms with E-state index in [0.717, 1.165) is 31.6 Å². The monoisotopic (exact) mass is 240 g/mol. The molecule has 0 aromatic carbocycles. The van der Waals surface area contributed by atoms with Crippen molar-refractivity contribution in [1.29, 1.82) is 0 Å². The Hall–Kier alpha value is -0.120. The molecular weight excluding hydrogens is 212 g/mol. The van der Waals surface area contributed by atoms with Crippen LogP contribution in [-0.4, -0.2) is 43.3 Å². The maximum absolute atomic E-state index is 6.06. The highest BCUT2D eigenvalue weighted by Crippen LogP contribution is 2.33. The van der Waals surface area contributed by atoms with Crippen LogP contribution in [0.4, 0.5) is 0 Å². The Morgan fingerprint density at radius 2 is 1.82 bits per heavy atom. The summed E-state index contributed by atoms with van der Waals surface area (Å²) in [5.74, 6) is 1.70. The summed E-state index contributed by atoms with van der Waals surface area (Å²) in [5.41, 5.74) is 6.06. The zero-order chi connectivity index (χ0) is 12.3. The molecule has 1 unspecified atom stereocenters. The fourth-order valence-electron chi connectivity index (χ4n) is 3.03. The Bertz CT molecular complexity index is 222. The van der Waals surface area contributed by atoms with Crippen molar-refractivity contribution < 1.29 is 4.74 Å². The van der Waals surface area contributed by atoms with Gasteiger partial charge in [-0.2, -0.15) is 0 Å². The van der Waals surface area contributed by atoms with Crippen LogP contribution < -0.4 is 5.73 Å². The summed E-state index contributed by atoms with van der Waals surface area (Å²) >= 11 is 0. The van der Waals surface area contributed by atoms with Gasteiger partial charge in [-0.1, -0.05) is 0 Å². The second-order valence-corrected chi connectivity index (χ2v) is 5.99. The van der Waals surface area contributed by atoms with E-state index in [0.29, 0.717) is 12.1 Å². The largest absolute Gasteiger partial charge is 0.381 e. The quantitative estimate of drug-likeness (QED) is 0.770. The van der Waals surface area contributed by atoms with E-state index in [1.54, 1.807) is 0 Å². The number of nitrogens with zero attached hydrogens (tertiary/aromatic N) is 1. The number of hydrogen-bond donors (Lipinski definition) is 1. The molecule has 17 heavy (non-hydrogen) atoms. The molecule has 1 atom stereocenters. The minimum atomic E-state index is 0.569. The third kappa shape index (κ3) is 3.67. The average Bonchev–Trinajstić information content (AvgIpc) is 3.14. The van der Waals surface area contributed by atoms with E-state index in [9.17, 15) is 0 Å². The molecule has 3 heteroatoms. The molecule has 1 aliphatic carbocycles. The number of rotatable bonds is 6. The first-order chi connectivity index (χ1) is 8.22. The minimum Gasteiger partial charge on any atom is -0.381 e. The molecule has 2 N–H and O–H groups in total. The predicted octanol–water partition coefficient (Wildman–Crippen LogP) is 1.86. The first kappa shape index (κ1) is 13.3. The van der Waals surface area contributed by atoms with Gasteiger partial charge >= 0.3 is 0 Å². The van der Waals surface area contributed by atoms with Crippen LogP contribution in [0.2, 0.25) is 0 Å². The summed E-state index contributed by atoms with van der Waals surface area (Å²) < 4.78 is 5.47. The van der Waals surface area contributed by atoms with Gasteiger partial charge in [0.1, 0.15) is 0 Å². The van der Waals surface area contributed by atoms with Crippen LogP contribution >= 0.6 is 0 Å². The number of hydrogen-bond acceptors (Lipinski definition) is 3. The van der Waals surface area contributed by atoms with E-state index in [1.807, 2.05) is 0 Å². The third-order valence-electron chi connectivity index (χ3n) is 4.31. The topological polar surface area (TPSA) is 38.5 Å². The van der Waals surface area contributed by atoms with Crippen LogP contribution in [0.3, 0.4) is 0 Å². The number of nitrogens with two attached hydrogens (primary N) is 1. The van der Waals surface area contributed by atoms with Gasteiger partial charge in [0, 0.05) is 38.4 Å². The molecule has 2 aliphatic rings. The SMILES string of the molecule is CC(C)N(CC1CC1)C(CN)C1CCOCC1. The molecule has 0 spiro atoms. The van der Waals surface area contributed by atoms with Crippen molar-refractivity contribution in [3.8, 4) is 0 Å². The van der Waals surface area contributed by atoms with Crippen LogP contribution in [0.15, 0.2) is 0 Å². The van der Waals surface area contributed by atoms with E-state index >= 15 is 0 Å². The molecule has 3 nitrogen and oxygen atoms in total. The van der Waals surface area contributed by atoms with Gasteiger partial charge < -0.3 is 10.5 Å². The lowest BCUT2D eigenvalue weighted by molar-refractivity contribution is 0.0173. The summed E-state index contributed by atoms with van der Waals surface area (Å²) in [5, 5.41) is 0. The van der Waals surface area contributed by atoms with E-state index in [2.05, 4.69) is 18.7 Å². The predicted molar refractivity (Wildman–Crippen MR) is 71.0 cm³/mol. The van der Waals surface area contributed by atoms with Crippen molar-refractivity contribution >= 4 is 0 Å². The second kappa shape index (κ2) is 6.17. The van der Waals surface area contributed by atoms with Crippen LogP contribution in [-0.2, 0) is 4.74 Å². The van der Waals surface area contributed by atoms with E-state index < -0.39 is 0 Å². The summed E-state index contributed by atoms with van der Waals surface area (Å²) in [7, 11) is 0. The Morgan fingerprint density at radius 3 is 2.29 bits per heavy atom. The number of ether oxygens (including phenoxy) is 1. The first-order valence-electron chi connectivity index (χ1n) is 7.26. The Labute approximate surface area is 106 Å². The molecule has 0 aromatic rings. The highest BCUT2D eigenvalue weighted by atomic mass is 16.5. The highest BCUT2D eigenvalue weighted by Gasteiger charge is 2.33. The van der Waals surface area contributed by atoms with Gasteiger partial charge in [0.05, 0.1) is 0 Å². The first-order valence-corrected chi connectivity index (χ1v) is 7.26. The van der Waals surface area contributed by atoms with Gasteiger partial charge in [0.25, 0.3) is 0 Å². The second-order valence-electron chi connectivity index (χ2n) is 5.99. The maximum atomic E-state index is 6.06. The zero-order valence-electron chi connectivity index (χ0n) is 11.4. The zero-order valence-corrected chi connectivity index (χ0v) is 11.4. The van der Waals surface area contributed by atoms with Crippen molar-refractivity contribution in [1.82, 2.24) is 4.90 Å². The van der Waals surface area contributed by atoms with E-state index in [4.69, 9.17) is 10.5 Å². The molecule has 1 saturated heterocycles. The van der Waals surface area contributed by atoms with Crippen LogP contribution in [0.25, 0.3) is 0 Å². The molecule has 2 fully saturated rings. The summed E-state index contributed by atoms with van der Waals surface area (Å²) in [4.78, 5) is 2.66. The summed E-state index contributed by atoms with van der Waals surface area (Å²) in [6.45, 7) is 8.54. The normalized spacial score (nSPS) is 24.5. The molecule has 1 saturated carbocycles. The van der Waals surface area contributed by atoms with Gasteiger partial charge in [0.2, 0.25) is 0 Å². The van der Waals surface area contributed by atoms with Crippen molar-refractivity contribution in [2.24, 2.45) is 17.6 Å². The molecule has 0 bridgehead atoms. The van der Waals surface area contributed by atoms with E-state index in [-0.39, 0.29) is 0 Å². The van der Waals surface area contributed by atoms with Crippen molar-refractivity contribution in [3.63, 3.8) is 0 Å². The minimum absolute atomic E-state index is 0.569. The van der Waals surface area contributed by atoms with Gasteiger partial charge in [-0.05, 0) is 51.4 Å². The molecule has 1 aliphatic heterocycles. The standard InChI is InChI=1S/C14H28N2O/c1-11(2)16(10-12-3-4-12)14(9-15)13-5-7-17-8-6-13/h11-14H,3-10,15H2,1-2H3. The molecule has 2 rings (SSSR count). The van der Waals surface area contributed by atoms with Crippen molar-refractivity contribution in [2.75, 3.05) is 26.3 Å². The van der Waals surface area contributed by atoms with Crippen molar-refractivity contribution in [3.05, 3.63) is 0 Å². The molecule has 0 aromatic heterocycles. The smallest absolute Gasteiger partial charge is 0.0469 e. The lowest BCUT2D eigenvalue weighted by atomic mass is 9.89. The fraction of sp³-hybridized carbons (Fsp3) is 1.00. The Morgan fingerprint density at radius 1 is 1.18 bits per heavy atom. The fourth-order valence-corrected chi connectivity index (χ4v) is 3.03. The molecule has 1 heterocycles. The third-order valence-corrected chi connectivity index (χ3v) is 4.31. The van der Waals surface area contributed by atoms with Gasteiger partial charge in [-0.3, -0.25) is 4.90 Å². The lowest BCUT2D eigenvalue weighted by Gasteiger charge is -2.40. The van der Waals surface area contributed by atoms with Gasteiger partial charge in [-0.15, -0.1) is 0 Å². The summed E-state index contributed by atoms with van der Waals surface area (Å²) in [6.07, 6.45) is 5.23. The van der Waals surface area contributed by atoms with Gasteiger partial charge in [0.15, 0.2) is 0 Å². The van der Waals surface area contributed by atoms with Crippen LogP contribution in [0, 0.1) is 11.8 Å². The average molecular weight is 240 g/mol. The summed E-state index contributed by atoms with van der Waals surface area (Å²) in [6, 6.07) is 1.19. The van der Waals surface area contributed by atoms with E-state index in [1.165, 1.54) is 32.2 Å². The Kier molecular flexibility index (Phi) is 4.83.